The quantitative estimate of drug-likeness (QED) is 0.644. The van der Waals surface area contributed by atoms with Gasteiger partial charge < -0.3 is 15.0 Å². The third-order valence-corrected chi connectivity index (χ3v) is 4.40. The first kappa shape index (κ1) is 17.2. The van der Waals surface area contributed by atoms with Gasteiger partial charge in [-0.2, -0.15) is 0 Å². The van der Waals surface area contributed by atoms with Crippen LogP contribution in [0.1, 0.15) is 67.3 Å². The SMILES string of the molecule is CC(=O)c1c[nH]c(C(=O)O[C@H](C)C(=O)N[C@H]2CCCC[C@@H]2C)c1. The van der Waals surface area contributed by atoms with E-state index in [0.29, 0.717) is 11.5 Å². The minimum absolute atomic E-state index is 0.141. The fourth-order valence-corrected chi connectivity index (χ4v) is 2.82. The maximum Gasteiger partial charge on any atom is 0.355 e. The lowest BCUT2D eigenvalue weighted by Crippen LogP contribution is -2.46. The van der Waals surface area contributed by atoms with Crippen molar-refractivity contribution in [1.82, 2.24) is 10.3 Å². The highest BCUT2D eigenvalue weighted by Crippen LogP contribution is 2.23. The summed E-state index contributed by atoms with van der Waals surface area (Å²) in [4.78, 5) is 38.1. The summed E-state index contributed by atoms with van der Waals surface area (Å²) in [5.41, 5.74) is 0.575. The van der Waals surface area contributed by atoms with E-state index in [4.69, 9.17) is 4.74 Å². The van der Waals surface area contributed by atoms with Gasteiger partial charge in [0.1, 0.15) is 5.69 Å². The number of nitrogens with one attached hydrogen (secondary N) is 2. The standard InChI is InChI=1S/C17H24N2O4/c1-10-6-4-5-7-14(10)19-16(21)12(3)23-17(22)15-8-13(9-18-15)11(2)20/h8-10,12,14,18H,4-7H2,1-3H3,(H,19,21)/t10-,12+,14-/m0/s1. The molecule has 1 amide bonds. The third-order valence-electron chi connectivity index (χ3n) is 4.40. The number of ketones is 1. The molecular formula is C17H24N2O4. The van der Waals surface area contributed by atoms with Crippen LogP contribution in [0, 0.1) is 5.92 Å². The van der Waals surface area contributed by atoms with E-state index in [9.17, 15) is 14.4 Å². The number of ether oxygens (including phenoxy) is 1. The summed E-state index contributed by atoms with van der Waals surface area (Å²) in [5.74, 6) is -0.623. The fourth-order valence-electron chi connectivity index (χ4n) is 2.82. The van der Waals surface area contributed by atoms with Crippen molar-refractivity contribution in [3.63, 3.8) is 0 Å². The van der Waals surface area contributed by atoms with Crippen molar-refractivity contribution in [1.29, 1.82) is 0 Å². The Bertz CT molecular complexity index is 593. The van der Waals surface area contributed by atoms with Crippen LogP contribution in [-0.2, 0) is 9.53 Å². The minimum Gasteiger partial charge on any atom is -0.448 e. The van der Waals surface area contributed by atoms with Crippen molar-refractivity contribution in [2.75, 3.05) is 0 Å². The second-order valence-electron chi connectivity index (χ2n) is 6.28. The van der Waals surface area contributed by atoms with E-state index in [0.717, 1.165) is 19.3 Å². The Morgan fingerprint density at radius 2 is 2.00 bits per heavy atom. The van der Waals surface area contributed by atoms with Crippen molar-refractivity contribution in [2.24, 2.45) is 5.92 Å². The number of esters is 1. The Labute approximate surface area is 136 Å². The average Bonchev–Trinajstić information content (AvgIpc) is 2.99. The van der Waals surface area contributed by atoms with Crippen LogP contribution >= 0.6 is 0 Å². The maximum absolute atomic E-state index is 12.2. The molecule has 6 nitrogen and oxygen atoms in total. The second-order valence-corrected chi connectivity index (χ2v) is 6.28. The number of hydrogen-bond acceptors (Lipinski definition) is 4. The molecule has 2 N–H and O–H groups in total. The molecule has 1 aliphatic carbocycles. The maximum atomic E-state index is 12.2. The molecule has 1 aliphatic rings. The lowest BCUT2D eigenvalue weighted by molar-refractivity contribution is -0.130. The van der Waals surface area contributed by atoms with Gasteiger partial charge in [0.2, 0.25) is 0 Å². The number of aromatic nitrogens is 1. The molecule has 1 fully saturated rings. The van der Waals surface area contributed by atoms with Crippen LogP contribution in [-0.4, -0.2) is 34.8 Å². The molecule has 0 bridgehead atoms. The Morgan fingerprint density at radius 1 is 1.30 bits per heavy atom. The first-order valence-corrected chi connectivity index (χ1v) is 8.09. The zero-order chi connectivity index (χ0) is 17.0. The summed E-state index contributed by atoms with van der Waals surface area (Å²) in [6.45, 7) is 5.10. The van der Waals surface area contributed by atoms with E-state index in [2.05, 4.69) is 17.2 Å². The molecule has 0 unspecified atom stereocenters. The van der Waals surface area contributed by atoms with Gasteiger partial charge in [-0.05, 0) is 38.7 Å². The van der Waals surface area contributed by atoms with Gasteiger partial charge in [-0.1, -0.05) is 19.8 Å². The van der Waals surface area contributed by atoms with Crippen LogP contribution in [0.3, 0.4) is 0 Å². The lowest BCUT2D eigenvalue weighted by atomic mass is 9.86. The molecule has 1 saturated carbocycles. The van der Waals surface area contributed by atoms with Crippen molar-refractivity contribution >= 4 is 17.7 Å². The Morgan fingerprint density at radius 3 is 2.61 bits per heavy atom. The second kappa shape index (κ2) is 7.44. The molecule has 6 heteroatoms. The molecule has 1 aromatic heterocycles. The van der Waals surface area contributed by atoms with Crippen LogP contribution < -0.4 is 5.32 Å². The molecule has 1 aromatic rings. The summed E-state index contributed by atoms with van der Waals surface area (Å²) in [6.07, 6.45) is 4.96. The fraction of sp³-hybridized carbons (Fsp3) is 0.588. The highest BCUT2D eigenvalue weighted by atomic mass is 16.5. The first-order chi connectivity index (χ1) is 10.9. The van der Waals surface area contributed by atoms with Crippen LogP contribution in [0.5, 0.6) is 0 Å². The minimum atomic E-state index is -0.874. The molecule has 126 valence electrons. The summed E-state index contributed by atoms with van der Waals surface area (Å²) in [7, 11) is 0. The molecular weight excluding hydrogens is 296 g/mol. The van der Waals surface area contributed by atoms with Crippen molar-refractivity contribution < 1.29 is 19.1 Å². The molecule has 0 aliphatic heterocycles. The lowest BCUT2D eigenvalue weighted by Gasteiger charge is -2.30. The molecule has 0 saturated heterocycles. The van der Waals surface area contributed by atoms with Crippen molar-refractivity contribution in [3.8, 4) is 0 Å². The third kappa shape index (κ3) is 4.43. The Balaban J connectivity index is 1.89. The first-order valence-electron chi connectivity index (χ1n) is 8.09. The van der Waals surface area contributed by atoms with Gasteiger partial charge in [-0.3, -0.25) is 9.59 Å². The summed E-state index contributed by atoms with van der Waals surface area (Å²) >= 11 is 0. The van der Waals surface area contributed by atoms with E-state index in [1.165, 1.54) is 25.6 Å². The molecule has 3 atom stereocenters. The predicted molar refractivity (Wildman–Crippen MR) is 85.2 cm³/mol. The topological polar surface area (TPSA) is 88.3 Å². The normalized spacial score (nSPS) is 22.2. The number of carbonyl (C=O) groups is 3. The molecule has 23 heavy (non-hydrogen) atoms. The number of H-pyrrole nitrogens is 1. The van der Waals surface area contributed by atoms with E-state index in [1.807, 2.05) is 0 Å². The van der Waals surface area contributed by atoms with E-state index >= 15 is 0 Å². The molecule has 1 heterocycles. The Hall–Kier alpha value is -2.11. The molecule has 0 aromatic carbocycles. The van der Waals surface area contributed by atoms with Crippen LogP contribution in [0.25, 0.3) is 0 Å². The highest BCUT2D eigenvalue weighted by Gasteiger charge is 2.26. The predicted octanol–water partition coefficient (Wildman–Crippen LogP) is 2.46. The van der Waals surface area contributed by atoms with Gasteiger partial charge in [0.05, 0.1) is 0 Å². The molecule has 2 rings (SSSR count). The number of aromatic amines is 1. The van der Waals surface area contributed by atoms with Crippen molar-refractivity contribution in [3.05, 3.63) is 23.5 Å². The summed E-state index contributed by atoms with van der Waals surface area (Å²) in [5, 5.41) is 2.97. The van der Waals surface area contributed by atoms with Crippen LogP contribution in [0.2, 0.25) is 0 Å². The van der Waals surface area contributed by atoms with Crippen LogP contribution in [0.4, 0.5) is 0 Å². The van der Waals surface area contributed by atoms with E-state index in [1.54, 1.807) is 6.92 Å². The van der Waals surface area contributed by atoms with Gasteiger partial charge in [0.15, 0.2) is 11.9 Å². The zero-order valence-electron chi connectivity index (χ0n) is 13.8. The summed E-state index contributed by atoms with van der Waals surface area (Å²) in [6, 6.07) is 1.57. The van der Waals surface area contributed by atoms with E-state index in [-0.39, 0.29) is 23.4 Å². The number of hydrogen-bond donors (Lipinski definition) is 2. The van der Waals surface area contributed by atoms with Gasteiger partial charge in [0.25, 0.3) is 5.91 Å². The smallest absolute Gasteiger partial charge is 0.355 e. The van der Waals surface area contributed by atoms with Crippen LogP contribution in [0.15, 0.2) is 12.3 Å². The summed E-state index contributed by atoms with van der Waals surface area (Å²) < 4.78 is 5.17. The van der Waals surface area contributed by atoms with Gasteiger partial charge in [-0.25, -0.2) is 4.79 Å². The largest absolute Gasteiger partial charge is 0.448 e. The number of Topliss-reactive ketones (excluding diaryl/α,β-unsaturated/α-hetero) is 1. The number of amides is 1. The highest BCUT2D eigenvalue weighted by molar-refractivity contribution is 5.98. The van der Waals surface area contributed by atoms with Crippen molar-refractivity contribution in [2.45, 2.75) is 58.6 Å². The van der Waals surface area contributed by atoms with Gasteiger partial charge in [-0.15, -0.1) is 0 Å². The molecule has 0 spiro atoms. The Kier molecular flexibility index (Phi) is 5.58. The molecule has 0 radical (unpaired) electrons. The average molecular weight is 320 g/mol. The number of rotatable bonds is 5. The monoisotopic (exact) mass is 320 g/mol. The zero-order valence-corrected chi connectivity index (χ0v) is 13.8. The number of carbonyl (C=O) groups excluding carboxylic acids is 3. The van der Waals surface area contributed by atoms with Gasteiger partial charge in [0, 0.05) is 17.8 Å². The van der Waals surface area contributed by atoms with Gasteiger partial charge >= 0.3 is 5.97 Å². The van der Waals surface area contributed by atoms with E-state index < -0.39 is 12.1 Å².